The maximum absolute atomic E-state index is 12.7. The van der Waals surface area contributed by atoms with Crippen molar-refractivity contribution < 1.29 is 4.79 Å². The molecule has 5 rings (SSSR count). The number of thiophene rings is 1. The zero-order chi connectivity index (χ0) is 20.5. The second kappa shape index (κ2) is 8.38. The zero-order valence-corrected chi connectivity index (χ0v) is 18.7. The molecule has 1 amide bonds. The first-order chi connectivity index (χ1) is 14.6. The van der Waals surface area contributed by atoms with Gasteiger partial charge >= 0.3 is 0 Å². The van der Waals surface area contributed by atoms with Gasteiger partial charge in [-0.25, -0.2) is 4.98 Å². The Balaban J connectivity index is 1.29. The zero-order valence-electron chi connectivity index (χ0n) is 16.3. The molecule has 0 atom stereocenters. The molecule has 10 heteroatoms. The van der Waals surface area contributed by atoms with E-state index in [0.29, 0.717) is 10.8 Å². The van der Waals surface area contributed by atoms with E-state index in [-0.39, 0.29) is 5.91 Å². The first-order valence-electron chi connectivity index (χ1n) is 9.58. The fourth-order valence-corrected chi connectivity index (χ4v) is 5.69. The highest BCUT2D eigenvalue weighted by Gasteiger charge is 2.19. The lowest BCUT2D eigenvalue weighted by atomic mass is 10.3. The predicted molar refractivity (Wildman–Crippen MR) is 125 cm³/mol. The predicted octanol–water partition coefficient (Wildman–Crippen LogP) is 4.76. The van der Waals surface area contributed by atoms with E-state index in [4.69, 9.17) is 0 Å². The minimum Gasteiger partial charge on any atom is -0.325 e. The third-order valence-electron chi connectivity index (χ3n) is 4.81. The first kappa shape index (κ1) is 19.6. The minimum absolute atomic E-state index is 0.219. The van der Waals surface area contributed by atoms with Crippen molar-refractivity contribution in [2.45, 2.75) is 23.7 Å². The highest BCUT2D eigenvalue weighted by Crippen LogP contribution is 2.31. The van der Waals surface area contributed by atoms with E-state index < -0.39 is 0 Å². The Hall–Kier alpha value is -2.40. The Kier molecular flexibility index (Phi) is 5.47. The number of hydrogen-bond donors (Lipinski definition) is 2. The van der Waals surface area contributed by atoms with Crippen LogP contribution in [0.5, 0.6) is 0 Å². The number of fused-ring (bicyclic) bond motifs is 2. The van der Waals surface area contributed by atoms with Crippen molar-refractivity contribution in [3.8, 4) is 0 Å². The summed E-state index contributed by atoms with van der Waals surface area (Å²) in [6.07, 6.45) is 1.03. The lowest BCUT2D eigenvalue weighted by Gasteiger charge is -2.10. The normalized spacial score (nSPS) is 14.4. The maximum Gasteiger partial charge on any atom is 0.277 e. The summed E-state index contributed by atoms with van der Waals surface area (Å²) in [7, 11) is 2.09. The second-order valence-electron chi connectivity index (χ2n) is 7.13. The molecule has 0 aliphatic carbocycles. The number of carbonyl (C=O) groups is 1. The number of nitrogens with one attached hydrogen (secondary N) is 2. The van der Waals surface area contributed by atoms with Gasteiger partial charge in [0.15, 0.2) is 10.8 Å². The smallest absolute Gasteiger partial charge is 0.277 e. The molecule has 0 bridgehead atoms. The summed E-state index contributed by atoms with van der Waals surface area (Å²) in [6.45, 7) is 2.69. The molecule has 0 spiro atoms. The van der Waals surface area contributed by atoms with Crippen LogP contribution < -0.4 is 10.0 Å². The van der Waals surface area contributed by atoms with Crippen molar-refractivity contribution in [1.29, 1.82) is 0 Å². The molecule has 0 saturated heterocycles. The third kappa shape index (κ3) is 4.22. The molecule has 0 fully saturated rings. The standard InChI is InChI=1S/C20H20N6OS3/c1-25-7-3-8-26-14(12-25)11-16(23-26)19(27)22-20-21-15-6-5-13(10-17(15)29-20)24-30-18-4-2-9-28-18/h2,4-6,9-11,24H,3,7-8,12H2,1H3,(H,21,22,27). The SMILES string of the molecule is CN1CCCn2nc(C(=O)Nc3nc4ccc(NSc5cccs5)cc4s3)cc2C1. The van der Waals surface area contributed by atoms with Gasteiger partial charge in [0.05, 0.1) is 20.1 Å². The van der Waals surface area contributed by atoms with Crippen LogP contribution in [0, 0.1) is 0 Å². The Morgan fingerprint density at radius 1 is 1.23 bits per heavy atom. The van der Waals surface area contributed by atoms with Crippen LogP contribution in [0.15, 0.2) is 46.0 Å². The topological polar surface area (TPSA) is 75.1 Å². The number of benzene rings is 1. The molecule has 0 saturated carbocycles. The molecule has 7 nitrogen and oxygen atoms in total. The Bertz CT molecular complexity index is 1180. The Morgan fingerprint density at radius 3 is 3.03 bits per heavy atom. The molecule has 154 valence electrons. The van der Waals surface area contributed by atoms with Crippen molar-refractivity contribution in [2.75, 3.05) is 23.6 Å². The number of aromatic nitrogens is 3. The molecule has 4 aromatic rings. The summed E-state index contributed by atoms with van der Waals surface area (Å²) >= 11 is 4.75. The van der Waals surface area contributed by atoms with Crippen molar-refractivity contribution in [2.24, 2.45) is 0 Å². The second-order valence-corrected chi connectivity index (χ2v) is 10.2. The molecule has 2 N–H and O–H groups in total. The van der Waals surface area contributed by atoms with E-state index >= 15 is 0 Å². The number of amides is 1. The van der Waals surface area contributed by atoms with Crippen molar-refractivity contribution in [3.63, 3.8) is 0 Å². The number of carbonyl (C=O) groups excluding carboxylic acids is 1. The maximum atomic E-state index is 12.7. The molecular formula is C20H20N6OS3. The van der Waals surface area contributed by atoms with Gasteiger partial charge in [0, 0.05) is 25.3 Å². The van der Waals surface area contributed by atoms with Crippen molar-refractivity contribution >= 4 is 61.6 Å². The quantitative estimate of drug-likeness (QED) is 0.422. The largest absolute Gasteiger partial charge is 0.325 e. The van der Waals surface area contributed by atoms with E-state index in [1.165, 1.54) is 15.5 Å². The van der Waals surface area contributed by atoms with E-state index in [1.54, 1.807) is 23.3 Å². The summed E-state index contributed by atoms with van der Waals surface area (Å²) in [4.78, 5) is 19.5. The summed E-state index contributed by atoms with van der Waals surface area (Å²) < 4.78 is 7.52. The molecule has 1 aliphatic rings. The van der Waals surface area contributed by atoms with Gasteiger partial charge in [0.1, 0.15) is 0 Å². The number of anilines is 2. The van der Waals surface area contributed by atoms with Gasteiger partial charge in [0.2, 0.25) is 0 Å². The number of rotatable bonds is 5. The highest BCUT2D eigenvalue weighted by atomic mass is 32.2. The molecule has 0 radical (unpaired) electrons. The van der Waals surface area contributed by atoms with Crippen LogP contribution in [0.1, 0.15) is 22.6 Å². The van der Waals surface area contributed by atoms with E-state index in [0.717, 1.165) is 47.7 Å². The summed E-state index contributed by atoms with van der Waals surface area (Å²) in [5.74, 6) is -0.219. The van der Waals surface area contributed by atoms with Crippen LogP contribution in [-0.2, 0) is 13.1 Å². The number of hydrogen-bond acceptors (Lipinski definition) is 8. The lowest BCUT2D eigenvalue weighted by molar-refractivity contribution is 0.102. The van der Waals surface area contributed by atoms with Gasteiger partial charge in [-0.2, -0.15) is 5.10 Å². The molecule has 1 aliphatic heterocycles. The lowest BCUT2D eigenvalue weighted by Crippen LogP contribution is -2.17. The highest BCUT2D eigenvalue weighted by molar-refractivity contribution is 8.02. The monoisotopic (exact) mass is 456 g/mol. The summed E-state index contributed by atoms with van der Waals surface area (Å²) in [5.41, 5.74) is 3.38. The molecule has 30 heavy (non-hydrogen) atoms. The summed E-state index contributed by atoms with van der Waals surface area (Å²) in [5, 5.41) is 10.1. The minimum atomic E-state index is -0.219. The number of thiazole rings is 1. The molecule has 1 aromatic carbocycles. The average molecular weight is 457 g/mol. The fourth-order valence-electron chi connectivity index (χ4n) is 3.37. The van der Waals surface area contributed by atoms with E-state index in [2.05, 4.69) is 49.6 Å². The van der Waals surface area contributed by atoms with Crippen LogP contribution in [0.3, 0.4) is 0 Å². The van der Waals surface area contributed by atoms with Crippen LogP contribution in [0.4, 0.5) is 10.8 Å². The fraction of sp³-hybridized carbons (Fsp3) is 0.250. The molecule has 4 heterocycles. The van der Waals surface area contributed by atoms with Gasteiger partial charge < -0.3 is 9.62 Å². The Morgan fingerprint density at radius 2 is 2.17 bits per heavy atom. The van der Waals surface area contributed by atoms with Crippen LogP contribution in [-0.4, -0.2) is 39.2 Å². The molecule has 3 aromatic heterocycles. The Labute approximate surface area is 186 Å². The first-order valence-corrected chi connectivity index (χ1v) is 12.1. The van der Waals surface area contributed by atoms with Crippen LogP contribution >= 0.6 is 34.6 Å². The third-order valence-corrected chi connectivity index (χ3v) is 7.62. The van der Waals surface area contributed by atoms with Crippen LogP contribution in [0.2, 0.25) is 0 Å². The molecule has 0 unspecified atom stereocenters. The molecular weight excluding hydrogens is 436 g/mol. The summed E-state index contributed by atoms with van der Waals surface area (Å²) in [6, 6.07) is 12.0. The van der Waals surface area contributed by atoms with Gasteiger partial charge in [0.25, 0.3) is 5.91 Å². The average Bonchev–Trinajstić information content (AvgIpc) is 3.44. The van der Waals surface area contributed by atoms with Crippen molar-refractivity contribution in [3.05, 3.63) is 53.2 Å². The van der Waals surface area contributed by atoms with Gasteiger partial charge in [-0.1, -0.05) is 17.4 Å². The van der Waals surface area contributed by atoms with Gasteiger partial charge in [-0.05, 0) is 61.1 Å². The van der Waals surface area contributed by atoms with Crippen LogP contribution in [0.25, 0.3) is 10.2 Å². The number of nitrogens with zero attached hydrogens (tertiary/aromatic N) is 4. The van der Waals surface area contributed by atoms with Gasteiger partial charge in [-0.3, -0.25) is 14.8 Å². The number of aryl methyl sites for hydroxylation is 1. The van der Waals surface area contributed by atoms with E-state index in [1.807, 2.05) is 28.9 Å². The van der Waals surface area contributed by atoms with E-state index in [9.17, 15) is 4.79 Å². The van der Waals surface area contributed by atoms with Crippen molar-refractivity contribution in [1.82, 2.24) is 19.7 Å². The van der Waals surface area contributed by atoms with Gasteiger partial charge in [-0.15, -0.1) is 11.3 Å².